The van der Waals surface area contributed by atoms with Crippen molar-refractivity contribution in [3.05, 3.63) is 72.8 Å². The van der Waals surface area contributed by atoms with Crippen LogP contribution in [0.5, 0.6) is 5.75 Å². The van der Waals surface area contributed by atoms with Gasteiger partial charge < -0.3 is 19.3 Å². The monoisotopic (exact) mass is 533 g/mol. The number of anilines is 2. The average Bonchev–Trinajstić information content (AvgIpc) is 2.82. The Balaban J connectivity index is 2.29. The summed E-state index contributed by atoms with van der Waals surface area (Å²) in [5.74, 6) is 0.587. The van der Waals surface area contributed by atoms with Gasteiger partial charge in [-0.05, 0) is 80.6 Å². The highest BCUT2D eigenvalue weighted by molar-refractivity contribution is 8.32. The minimum Gasteiger partial charge on any atom is -0.465 e. The van der Waals surface area contributed by atoms with Crippen LogP contribution in [0.4, 0.5) is 11.4 Å². The fraction of sp³-hybridized carbons (Fsp3) is 0.333. The van der Waals surface area contributed by atoms with Gasteiger partial charge in [-0.1, -0.05) is 6.07 Å². The molecule has 0 aliphatic heterocycles. The van der Waals surface area contributed by atoms with Crippen molar-refractivity contribution in [3.8, 4) is 5.75 Å². The molecule has 0 amide bonds. The van der Waals surface area contributed by atoms with Crippen molar-refractivity contribution in [1.82, 2.24) is 0 Å². The van der Waals surface area contributed by atoms with E-state index in [1.807, 2.05) is 125 Å². The van der Waals surface area contributed by atoms with Gasteiger partial charge in [-0.3, -0.25) is 3.63 Å². The second kappa shape index (κ2) is 11.6. The summed E-state index contributed by atoms with van der Waals surface area (Å²) >= 11 is 0. The van der Waals surface area contributed by atoms with Crippen molar-refractivity contribution in [2.75, 3.05) is 50.9 Å². The highest BCUT2D eigenvalue weighted by atomic mass is 32.3. The highest BCUT2D eigenvalue weighted by Gasteiger charge is 2.42. The van der Waals surface area contributed by atoms with E-state index in [0.717, 1.165) is 32.3 Å². The molecule has 1 unspecified atom stereocenters. The molecule has 3 aromatic carbocycles. The predicted octanol–water partition coefficient (Wildman–Crippen LogP) is 5.83. The van der Waals surface area contributed by atoms with E-state index in [9.17, 15) is 8.42 Å². The van der Waals surface area contributed by atoms with Crippen LogP contribution in [0.2, 0.25) is 0 Å². The van der Waals surface area contributed by atoms with Crippen molar-refractivity contribution < 1.29 is 21.5 Å². The Bertz CT molecular complexity index is 1190. The lowest BCUT2D eigenvalue weighted by molar-refractivity contribution is -0.0614. The minimum atomic E-state index is -3.75. The first-order valence-corrected chi connectivity index (χ1v) is 15.1. The third-order valence-corrected chi connectivity index (χ3v) is 10.3. The van der Waals surface area contributed by atoms with E-state index in [2.05, 4.69) is 3.63 Å². The molecule has 1 atom stereocenters. The molecule has 9 heteroatoms. The maximum absolute atomic E-state index is 12.9. The molecule has 196 valence electrons. The summed E-state index contributed by atoms with van der Waals surface area (Å²) in [7, 11) is 1.56. The van der Waals surface area contributed by atoms with Gasteiger partial charge in [0.05, 0.1) is 25.0 Å². The van der Waals surface area contributed by atoms with Crippen LogP contribution in [0.15, 0.2) is 87.5 Å². The van der Waals surface area contributed by atoms with Gasteiger partial charge >= 0.3 is 10.1 Å². The first-order chi connectivity index (χ1) is 17.0. The number of hydrogen-bond donors (Lipinski definition) is 0. The molecule has 0 fully saturated rings. The molecule has 3 aromatic rings. The van der Waals surface area contributed by atoms with E-state index >= 15 is 0 Å². The highest BCUT2D eigenvalue weighted by Crippen LogP contribution is 2.68. The number of benzene rings is 3. The topological polar surface area (TPSA) is 71.9 Å². The molecule has 0 aromatic heterocycles. The summed E-state index contributed by atoms with van der Waals surface area (Å²) in [6.07, 6.45) is 0.703. The van der Waals surface area contributed by atoms with E-state index in [1.165, 1.54) is 0 Å². The predicted molar refractivity (Wildman–Crippen MR) is 150 cm³/mol. The number of nitrogens with zero attached hydrogens (tertiary/aromatic N) is 2. The molecular formula is C27H37N2O5S2+. The second-order valence-electron chi connectivity index (χ2n) is 8.78. The van der Waals surface area contributed by atoms with Crippen LogP contribution in [-0.4, -0.2) is 59.4 Å². The zero-order chi connectivity index (χ0) is 26.5. The molecule has 0 spiro atoms. The summed E-state index contributed by atoms with van der Waals surface area (Å²) in [5, 5.41) is 0. The van der Waals surface area contributed by atoms with Gasteiger partial charge in [-0.2, -0.15) is 8.42 Å². The largest absolute Gasteiger partial charge is 0.465 e. The Labute approximate surface area is 217 Å². The second-order valence-corrected chi connectivity index (χ2v) is 13.4. The third-order valence-electron chi connectivity index (χ3n) is 5.49. The Hall–Kier alpha value is -2.72. The molecule has 0 bridgehead atoms. The maximum atomic E-state index is 12.9. The summed E-state index contributed by atoms with van der Waals surface area (Å²) in [6, 6.07) is 23.3. The summed E-state index contributed by atoms with van der Waals surface area (Å²) in [5.41, 5.74) is 2.02. The Morgan fingerprint density at radius 3 is 1.72 bits per heavy atom. The maximum Gasteiger partial charge on any atom is 0.387 e. The van der Waals surface area contributed by atoms with Gasteiger partial charge in [0.15, 0.2) is 6.29 Å². The molecule has 0 radical (unpaired) electrons. The van der Waals surface area contributed by atoms with Crippen molar-refractivity contribution in [3.63, 3.8) is 0 Å². The Morgan fingerprint density at radius 1 is 0.806 bits per heavy atom. The van der Waals surface area contributed by atoms with E-state index in [1.54, 1.807) is 0 Å². The van der Waals surface area contributed by atoms with E-state index in [0.29, 0.717) is 12.4 Å². The van der Waals surface area contributed by atoms with Gasteiger partial charge in [0.25, 0.3) is 0 Å². The van der Waals surface area contributed by atoms with Crippen LogP contribution >= 0.6 is 10.3 Å². The molecule has 0 saturated carbocycles. The lowest BCUT2D eigenvalue weighted by Gasteiger charge is -2.35. The molecule has 7 nitrogen and oxygen atoms in total. The van der Waals surface area contributed by atoms with E-state index in [4.69, 9.17) is 9.47 Å². The molecule has 0 heterocycles. The summed E-state index contributed by atoms with van der Waals surface area (Å²) < 4.78 is 41.8. The van der Waals surface area contributed by atoms with Gasteiger partial charge in [0.2, 0.25) is 0 Å². The smallest absolute Gasteiger partial charge is 0.387 e. The van der Waals surface area contributed by atoms with Gasteiger partial charge in [-0.25, -0.2) is 0 Å². The van der Waals surface area contributed by atoms with Gasteiger partial charge in [0, 0.05) is 46.2 Å². The number of hydrogen-bond acceptors (Lipinski definition) is 6. The Morgan fingerprint density at radius 2 is 1.31 bits per heavy atom. The molecule has 0 saturated heterocycles. The van der Waals surface area contributed by atoms with Crippen LogP contribution in [-0.2, 0) is 14.9 Å². The average molecular weight is 534 g/mol. The van der Waals surface area contributed by atoms with E-state index in [-0.39, 0.29) is 0 Å². The lowest BCUT2D eigenvalue weighted by Crippen LogP contribution is -2.19. The van der Waals surface area contributed by atoms with Crippen molar-refractivity contribution in [2.45, 2.75) is 34.8 Å². The van der Waals surface area contributed by atoms with Gasteiger partial charge in [-0.15, -0.1) is 0 Å². The zero-order valence-corrected chi connectivity index (χ0v) is 23.6. The molecule has 36 heavy (non-hydrogen) atoms. The number of ether oxygens (including phenoxy) is 2. The van der Waals surface area contributed by atoms with Crippen LogP contribution in [0.3, 0.4) is 0 Å². The molecular weight excluding hydrogens is 496 g/mol. The minimum absolute atomic E-state index is 0.444. The number of rotatable bonds is 11. The Kier molecular flexibility index (Phi) is 8.94. The molecule has 1 N–H and O–H groups in total. The van der Waals surface area contributed by atoms with Crippen LogP contribution in [0.25, 0.3) is 0 Å². The summed E-state index contributed by atoms with van der Waals surface area (Å²) in [6.45, 7) is 4.26. The third kappa shape index (κ3) is 6.53. The normalized spacial score (nSPS) is 13.2. The van der Waals surface area contributed by atoms with Gasteiger partial charge in [0.1, 0.15) is 12.0 Å². The molecule has 0 aliphatic rings. The van der Waals surface area contributed by atoms with Crippen LogP contribution in [0, 0.1) is 0 Å². The van der Waals surface area contributed by atoms with E-state index < -0.39 is 26.7 Å². The van der Waals surface area contributed by atoms with Crippen molar-refractivity contribution in [1.29, 1.82) is 0 Å². The fourth-order valence-corrected chi connectivity index (χ4v) is 8.91. The van der Waals surface area contributed by atoms with Crippen LogP contribution in [0.1, 0.15) is 13.8 Å². The lowest BCUT2D eigenvalue weighted by atomic mass is 10.3. The standard InChI is InChI=1S/C27H36N2O5S2/c1-8-32-21(2)33-24-10-9-11-27(20-24)36(34-35(7,30)31,25-16-12-22(13-17-25)28(3)4)26-18-14-23(15-19-26)29(5)6/h9-21H,8H2,1-7H3/p+1. The van der Waals surface area contributed by atoms with Crippen molar-refractivity contribution in [2.24, 2.45) is 0 Å². The first-order valence-electron chi connectivity index (χ1n) is 11.7. The van der Waals surface area contributed by atoms with Crippen LogP contribution < -0.4 is 14.5 Å². The fourth-order valence-electron chi connectivity index (χ4n) is 3.81. The zero-order valence-electron chi connectivity index (χ0n) is 22.0. The first kappa shape index (κ1) is 27.9. The molecule has 0 aliphatic carbocycles. The van der Waals surface area contributed by atoms with Crippen molar-refractivity contribution >= 4 is 31.8 Å². The summed E-state index contributed by atoms with van der Waals surface area (Å²) in [4.78, 5) is 6.38. The SMILES string of the molecule is CCOC(C)Oc1cccc(S([OH+]S(C)(=O)=O)(c2ccc(N(C)C)cc2)c2ccc(N(C)C)cc2)c1. The quantitative estimate of drug-likeness (QED) is 0.175. The molecule has 3 rings (SSSR count).